The van der Waals surface area contributed by atoms with E-state index in [0.717, 1.165) is 56.6 Å². The van der Waals surface area contributed by atoms with Crippen LogP contribution in [0, 0.1) is 0 Å². The van der Waals surface area contributed by atoms with Gasteiger partial charge in [0.2, 0.25) is 5.95 Å². The van der Waals surface area contributed by atoms with Crippen LogP contribution >= 0.6 is 0 Å². The molecule has 3 heterocycles. The Hall–Kier alpha value is -2.59. The SMILES string of the molecule is FC(F)(F)Oc1ccc(CN2CCN(c3nccc(N4CCOCC4)n3)CC2)cc1. The number of rotatable bonds is 5. The number of hydrogen-bond acceptors (Lipinski definition) is 7. The number of morpholine rings is 1. The summed E-state index contributed by atoms with van der Waals surface area (Å²) in [6.07, 6.45) is -2.87. The number of aromatic nitrogens is 2. The molecule has 10 heteroatoms. The Bertz CT molecular complexity index is 820. The van der Waals surface area contributed by atoms with E-state index in [1.54, 1.807) is 18.3 Å². The van der Waals surface area contributed by atoms with E-state index in [0.29, 0.717) is 19.8 Å². The summed E-state index contributed by atoms with van der Waals surface area (Å²) in [6, 6.07) is 7.97. The van der Waals surface area contributed by atoms with Gasteiger partial charge in [0, 0.05) is 52.0 Å². The van der Waals surface area contributed by atoms with Gasteiger partial charge in [0.25, 0.3) is 0 Å². The number of ether oxygens (including phenoxy) is 2. The first-order chi connectivity index (χ1) is 14.5. The zero-order valence-electron chi connectivity index (χ0n) is 16.5. The Kier molecular flexibility index (Phi) is 6.24. The summed E-state index contributed by atoms with van der Waals surface area (Å²) in [4.78, 5) is 15.8. The van der Waals surface area contributed by atoms with Crippen molar-refractivity contribution >= 4 is 11.8 Å². The number of nitrogens with zero attached hydrogens (tertiary/aromatic N) is 5. The summed E-state index contributed by atoms with van der Waals surface area (Å²) >= 11 is 0. The fraction of sp³-hybridized carbons (Fsp3) is 0.500. The van der Waals surface area contributed by atoms with E-state index >= 15 is 0 Å². The van der Waals surface area contributed by atoms with E-state index in [4.69, 9.17) is 9.72 Å². The number of piperazine rings is 1. The molecule has 0 spiro atoms. The summed E-state index contributed by atoms with van der Waals surface area (Å²) in [5, 5.41) is 0. The maximum atomic E-state index is 12.3. The normalized spacial score (nSPS) is 18.5. The van der Waals surface area contributed by atoms with Crippen molar-refractivity contribution in [2.75, 3.05) is 62.3 Å². The molecule has 0 unspecified atom stereocenters. The van der Waals surface area contributed by atoms with E-state index in [9.17, 15) is 13.2 Å². The second-order valence-electron chi connectivity index (χ2n) is 7.27. The minimum Gasteiger partial charge on any atom is -0.406 e. The lowest BCUT2D eigenvalue weighted by molar-refractivity contribution is -0.274. The van der Waals surface area contributed by atoms with Crippen molar-refractivity contribution in [3.8, 4) is 5.75 Å². The molecule has 162 valence electrons. The molecule has 1 aromatic carbocycles. The maximum absolute atomic E-state index is 12.3. The molecule has 2 aliphatic rings. The summed E-state index contributed by atoms with van der Waals surface area (Å²) in [7, 11) is 0. The third kappa shape index (κ3) is 5.51. The number of anilines is 2. The molecule has 2 saturated heterocycles. The standard InChI is InChI=1S/C20H24F3N5O2/c21-20(22,23)30-17-3-1-16(2-4-17)15-26-7-9-28(10-8-26)19-24-6-5-18(25-19)27-11-13-29-14-12-27/h1-6H,7-15H2. The predicted octanol–water partition coefficient (Wildman–Crippen LogP) is 2.53. The Morgan fingerprint density at radius 1 is 0.900 bits per heavy atom. The second kappa shape index (κ2) is 9.05. The Labute approximate surface area is 173 Å². The monoisotopic (exact) mass is 423 g/mol. The number of hydrogen-bond donors (Lipinski definition) is 0. The van der Waals surface area contributed by atoms with Crippen molar-refractivity contribution in [2.24, 2.45) is 0 Å². The first-order valence-electron chi connectivity index (χ1n) is 9.94. The molecule has 0 bridgehead atoms. The first-order valence-corrected chi connectivity index (χ1v) is 9.94. The zero-order chi connectivity index (χ0) is 21.0. The molecule has 0 aliphatic carbocycles. The molecule has 0 amide bonds. The Balaban J connectivity index is 1.30. The minimum absolute atomic E-state index is 0.201. The van der Waals surface area contributed by atoms with Gasteiger partial charge >= 0.3 is 6.36 Å². The van der Waals surface area contributed by atoms with Crippen molar-refractivity contribution < 1.29 is 22.6 Å². The molecule has 0 radical (unpaired) electrons. The largest absolute Gasteiger partial charge is 0.573 e. The molecule has 2 fully saturated rings. The summed E-state index contributed by atoms with van der Waals surface area (Å²) in [5.41, 5.74) is 0.948. The van der Waals surface area contributed by atoms with Gasteiger partial charge in [-0.05, 0) is 23.8 Å². The third-order valence-electron chi connectivity index (χ3n) is 5.18. The van der Waals surface area contributed by atoms with Crippen LogP contribution in [0.3, 0.4) is 0 Å². The lowest BCUT2D eigenvalue weighted by Crippen LogP contribution is -2.46. The Morgan fingerprint density at radius 3 is 2.27 bits per heavy atom. The van der Waals surface area contributed by atoms with Crippen LogP contribution < -0.4 is 14.5 Å². The van der Waals surface area contributed by atoms with E-state index < -0.39 is 6.36 Å². The lowest BCUT2D eigenvalue weighted by Gasteiger charge is -2.35. The van der Waals surface area contributed by atoms with Crippen LogP contribution in [0.1, 0.15) is 5.56 Å². The van der Waals surface area contributed by atoms with Crippen molar-refractivity contribution in [3.05, 3.63) is 42.1 Å². The fourth-order valence-corrected chi connectivity index (χ4v) is 3.62. The highest BCUT2D eigenvalue weighted by Crippen LogP contribution is 2.23. The van der Waals surface area contributed by atoms with Gasteiger partial charge in [0.05, 0.1) is 13.2 Å². The summed E-state index contributed by atoms with van der Waals surface area (Å²) in [6.45, 7) is 6.99. The first kappa shape index (κ1) is 20.7. The lowest BCUT2D eigenvalue weighted by atomic mass is 10.2. The third-order valence-corrected chi connectivity index (χ3v) is 5.18. The molecule has 1 aromatic heterocycles. The second-order valence-corrected chi connectivity index (χ2v) is 7.27. The molecule has 0 N–H and O–H groups in total. The van der Waals surface area contributed by atoms with Crippen LogP contribution in [0.5, 0.6) is 5.75 Å². The van der Waals surface area contributed by atoms with Crippen LogP contribution in [0.2, 0.25) is 0 Å². The van der Waals surface area contributed by atoms with Crippen LogP contribution in [-0.4, -0.2) is 73.7 Å². The highest BCUT2D eigenvalue weighted by molar-refractivity contribution is 5.44. The van der Waals surface area contributed by atoms with Crippen molar-refractivity contribution in [3.63, 3.8) is 0 Å². The van der Waals surface area contributed by atoms with Gasteiger partial charge in [-0.1, -0.05) is 12.1 Å². The summed E-state index contributed by atoms with van der Waals surface area (Å²) in [5.74, 6) is 1.45. The topological polar surface area (TPSA) is 54.0 Å². The molecule has 4 rings (SSSR count). The molecular formula is C20H24F3N5O2. The van der Waals surface area contributed by atoms with Crippen LogP contribution in [0.15, 0.2) is 36.5 Å². The van der Waals surface area contributed by atoms with Crippen molar-refractivity contribution in [2.45, 2.75) is 12.9 Å². The Morgan fingerprint density at radius 2 is 1.60 bits per heavy atom. The molecule has 30 heavy (non-hydrogen) atoms. The van der Waals surface area contributed by atoms with E-state index in [-0.39, 0.29) is 5.75 Å². The predicted molar refractivity (Wildman–Crippen MR) is 106 cm³/mol. The average Bonchev–Trinajstić information content (AvgIpc) is 2.75. The van der Waals surface area contributed by atoms with Gasteiger partial charge in [-0.2, -0.15) is 4.98 Å². The van der Waals surface area contributed by atoms with Gasteiger partial charge in [0.15, 0.2) is 0 Å². The van der Waals surface area contributed by atoms with E-state index in [1.807, 2.05) is 6.07 Å². The summed E-state index contributed by atoms with van der Waals surface area (Å²) < 4.78 is 46.1. The average molecular weight is 423 g/mol. The number of alkyl halides is 3. The van der Waals surface area contributed by atoms with Crippen molar-refractivity contribution in [1.82, 2.24) is 14.9 Å². The van der Waals surface area contributed by atoms with Crippen LogP contribution in [0.4, 0.5) is 24.9 Å². The van der Waals surface area contributed by atoms with Gasteiger partial charge in [-0.3, -0.25) is 4.90 Å². The molecule has 7 nitrogen and oxygen atoms in total. The highest BCUT2D eigenvalue weighted by atomic mass is 19.4. The molecule has 2 aliphatic heterocycles. The maximum Gasteiger partial charge on any atom is 0.573 e. The zero-order valence-corrected chi connectivity index (χ0v) is 16.5. The van der Waals surface area contributed by atoms with Gasteiger partial charge < -0.3 is 19.3 Å². The van der Waals surface area contributed by atoms with Crippen LogP contribution in [0.25, 0.3) is 0 Å². The van der Waals surface area contributed by atoms with Gasteiger partial charge in [-0.25, -0.2) is 4.98 Å². The van der Waals surface area contributed by atoms with E-state index in [2.05, 4.69) is 24.4 Å². The fourth-order valence-electron chi connectivity index (χ4n) is 3.62. The number of halogens is 3. The molecular weight excluding hydrogens is 399 g/mol. The van der Waals surface area contributed by atoms with Gasteiger partial charge in [0.1, 0.15) is 11.6 Å². The van der Waals surface area contributed by atoms with Crippen molar-refractivity contribution in [1.29, 1.82) is 0 Å². The molecule has 0 saturated carbocycles. The minimum atomic E-state index is -4.67. The molecule has 2 aromatic rings. The van der Waals surface area contributed by atoms with Gasteiger partial charge in [-0.15, -0.1) is 13.2 Å². The van der Waals surface area contributed by atoms with Crippen LogP contribution in [-0.2, 0) is 11.3 Å². The highest BCUT2D eigenvalue weighted by Gasteiger charge is 2.31. The number of benzene rings is 1. The molecule has 0 atom stereocenters. The quantitative estimate of drug-likeness (QED) is 0.733. The smallest absolute Gasteiger partial charge is 0.406 e. The van der Waals surface area contributed by atoms with E-state index in [1.165, 1.54) is 12.1 Å².